The fourth-order valence-electron chi connectivity index (χ4n) is 2.17. The molecular formula is C19H24O3. The van der Waals surface area contributed by atoms with E-state index in [9.17, 15) is 0 Å². The summed E-state index contributed by atoms with van der Waals surface area (Å²) in [7, 11) is 1.65. The highest BCUT2D eigenvalue weighted by molar-refractivity contribution is 5.42. The topological polar surface area (TPSA) is 27.7 Å². The predicted octanol–water partition coefficient (Wildman–Crippen LogP) is 4.58. The molecule has 3 nitrogen and oxygen atoms in total. The van der Waals surface area contributed by atoms with E-state index in [2.05, 4.69) is 26.0 Å². The van der Waals surface area contributed by atoms with Crippen molar-refractivity contribution in [2.24, 2.45) is 0 Å². The lowest BCUT2D eigenvalue weighted by molar-refractivity contribution is 0.211. The van der Waals surface area contributed by atoms with Crippen LogP contribution in [0.5, 0.6) is 17.2 Å². The fourth-order valence-corrected chi connectivity index (χ4v) is 2.17. The normalized spacial score (nSPS) is 10.6. The molecule has 0 radical (unpaired) electrons. The van der Waals surface area contributed by atoms with E-state index in [-0.39, 0.29) is 0 Å². The van der Waals surface area contributed by atoms with Crippen LogP contribution in [-0.4, -0.2) is 20.3 Å². The summed E-state index contributed by atoms with van der Waals surface area (Å²) in [6.45, 7) is 7.35. The Morgan fingerprint density at radius 1 is 0.909 bits per heavy atom. The summed E-state index contributed by atoms with van der Waals surface area (Å²) in [6, 6.07) is 14.1. The first-order valence-electron chi connectivity index (χ1n) is 7.60. The summed E-state index contributed by atoms with van der Waals surface area (Å²) in [5.74, 6) is 2.87. The van der Waals surface area contributed by atoms with Crippen molar-refractivity contribution in [3.05, 3.63) is 53.6 Å². The molecule has 0 bridgehead atoms. The summed E-state index contributed by atoms with van der Waals surface area (Å²) in [4.78, 5) is 0. The van der Waals surface area contributed by atoms with Gasteiger partial charge in [0.15, 0.2) is 11.5 Å². The Bertz CT molecular complexity index is 605. The highest BCUT2D eigenvalue weighted by Gasteiger charge is 2.05. The van der Waals surface area contributed by atoms with Crippen molar-refractivity contribution < 1.29 is 14.2 Å². The number of rotatable bonds is 7. The molecule has 118 valence electrons. The van der Waals surface area contributed by atoms with Crippen molar-refractivity contribution >= 4 is 0 Å². The first-order valence-corrected chi connectivity index (χ1v) is 7.60. The summed E-state index contributed by atoms with van der Waals surface area (Å²) < 4.78 is 16.8. The molecular weight excluding hydrogens is 276 g/mol. The van der Waals surface area contributed by atoms with Crippen LogP contribution >= 0.6 is 0 Å². The van der Waals surface area contributed by atoms with Crippen LogP contribution in [0.15, 0.2) is 42.5 Å². The lowest BCUT2D eigenvalue weighted by Crippen LogP contribution is -2.09. The van der Waals surface area contributed by atoms with Crippen LogP contribution in [0.2, 0.25) is 0 Å². The quantitative estimate of drug-likeness (QED) is 0.700. The van der Waals surface area contributed by atoms with Crippen LogP contribution < -0.4 is 14.2 Å². The standard InChI is InChI=1S/C19H24O3/c1-14(2)16-6-5-7-17(13-16)21-10-11-22-18-9-8-15(3)12-19(18)20-4/h5-9,12-14H,10-11H2,1-4H3. The lowest BCUT2D eigenvalue weighted by Gasteiger charge is -2.13. The second kappa shape index (κ2) is 7.74. The average Bonchev–Trinajstić information content (AvgIpc) is 2.52. The molecule has 0 saturated carbocycles. The van der Waals surface area contributed by atoms with Gasteiger partial charge in [0, 0.05) is 0 Å². The van der Waals surface area contributed by atoms with Gasteiger partial charge in [-0.15, -0.1) is 0 Å². The SMILES string of the molecule is COc1cc(C)ccc1OCCOc1cccc(C(C)C)c1. The minimum Gasteiger partial charge on any atom is -0.493 e. The number of hydrogen-bond donors (Lipinski definition) is 0. The molecule has 0 aliphatic rings. The van der Waals surface area contributed by atoms with Crippen molar-refractivity contribution in [2.75, 3.05) is 20.3 Å². The molecule has 0 aliphatic carbocycles. The first-order chi connectivity index (χ1) is 10.6. The molecule has 3 heteroatoms. The van der Waals surface area contributed by atoms with Crippen LogP contribution in [0.3, 0.4) is 0 Å². The number of methoxy groups -OCH3 is 1. The van der Waals surface area contributed by atoms with Crippen LogP contribution in [0, 0.1) is 6.92 Å². The molecule has 0 unspecified atom stereocenters. The molecule has 0 saturated heterocycles. The van der Waals surface area contributed by atoms with Gasteiger partial charge in [-0.2, -0.15) is 0 Å². The van der Waals surface area contributed by atoms with Gasteiger partial charge in [0.1, 0.15) is 19.0 Å². The first kappa shape index (κ1) is 16.2. The number of ether oxygens (including phenoxy) is 3. The Morgan fingerprint density at radius 3 is 2.41 bits per heavy atom. The Hall–Kier alpha value is -2.16. The van der Waals surface area contributed by atoms with Gasteiger partial charge in [-0.1, -0.05) is 32.0 Å². The molecule has 0 amide bonds. The molecule has 0 N–H and O–H groups in total. The lowest BCUT2D eigenvalue weighted by atomic mass is 10.0. The van der Waals surface area contributed by atoms with Gasteiger partial charge < -0.3 is 14.2 Å². The molecule has 0 aliphatic heterocycles. The van der Waals surface area contributed by atoms with Gasteiger partial charge in [-0.05, 0) is 48.2 Å². The summed E-state index contributed by atoms with van der Waals surface area (Å²) in [5.41, 5.74) is 2.42. The van der Waals surface area contributed by atoms with Crippen molar-refractivity contribution in [3.63, 3.8) is 0 Å². The maximum Gasteiger partial charge on any atom is 0.161 e. The maximum absolute atomic E-state index is 5.75. The number of aryl methyl sites for hydroxylation is 1. The molecule has 2 rings (SSSR count). The molecule has 22 heavy (non-hydrogen) atoms. The van der Waals surface area contributed by atoms with E-state index in [1.165, 1.54) is 5.56 Å². The fraction of sp³-hybridized carbons (Fsp3) is 0.368. The van der Waals surface area contributed by atoms with E-state index in [1.807, 2.05) is 37.3 Å². The third-order valence-corrected chi connectivity index (χ3v) is 3.45. The van der Waals surface area contributed by atoms with E-state index < -0.39 is 0 Å². The van der Waals surface area contributed by atoms with E-state index in [4.69, 9.17) is 14.2 Å². The van der Waals surface area contributed by atoms with Gasteiger partial charge in [-0.25, -0.2) is 0 Å². The molecule has 0 fully saturated rings. The minimum absolute atomic E-state index is 0.478. The molecule has 0 atom stereocenters. The summed E-state index contributed by atoms with van der Waals surface area (Å²) in [6.07, 6.45) is 0. The molecule has 2 aromatic rings. The van der Waals surface area contributed by atoms with E-state index in [0.717, 1.165) is 22.8 Å². The minimum atomic E-state index is 0.478. The van der Waals surface area contributed by atoms with Crippen molar-refractivity contribution in [1.29, 1.82) is 0 Å². The van der Waals surface area contributed by atoms with Crippen molar-refractivity contribution in [1.82, 2.24) is 0 Å². The average molecular weight is 300 g/mol. The highest BCUT2D eigenvalue weighted by Crippen LogP contribution is 2.27. The van der Waals surface area contributed by atoms with Gasteiger partial charge in [0.2, 0.25) is 0 Å². The Labute approximate surface area is 132 Å². The smallest absolute Gasteiger partial charge is 0.161 e. The van der Waals surface area contributed by atoms with Crippen molar-refractivity contribution in [2.45, 2.75) is 26.7 Å². The second-order valence-electron chi connectivity index (χ2n) is 5.58. The van der Waals surface area contributed by atoms with E-state index in [0.29, 0.717) is 19.1 Å². The largest absolute Gasteiger partial charge is 0.493 e. The van der Waals surface area contributed by atoms with Crippen molar-refractivity contribution in [3.8, 4) is 17.2 Å². The Balaban J connectivity index is 1.86. The number of benzene rings is 2. The highest BCUT2D eigenvalue weighted by atomic mass is 16.5. The van der Waals surface area contributed by atoms with Gasteiger partial charge in [0.05, 0.1) is 7.11 Å². The Morgan fingerprint density at radius 2 is 1.68 bits per heavy atom. The molecule has 0 spiro atoms. The molecule has 2 aromatic carbocycles. The van der Waals surface area contributed by atoms with E-state index in [1.54, 1.807) is 7.11 Å². The zero-order chi connectivity index (χ0) is 15.9. The number of hydrogen-bond acceptors (Lipinski definition) is 3. The monoisotopic (exact) mass is 300 g/mol. The summed E-state index contributed by atoms with van der Waals surface area (Å²) in [5, 5.41) is 0. The zero-order valence-electron chi connectivity index (χ0n) is 13.8. The third-order valence-electron chi connectivity index (χ3n) is 3.45. The predicted molar refractivity (Wildman–Crippen MR) is 89.3 cm³/mol. The van der Waals surface area contributed by atoms with Crippen LogP contribution in [0.25, 0.3) is 0 Å². The van der Waals surface area contributed by atoms with Crippen LogP contribution in [0.1, 0.15) is 30.9 Å². The Kier molecular flexibility index (Phi) is 5.70. The van der Waals surface area contributed by atoms with Gasteiger partial charge in [-0.3, -0.25) is 0 Å². The van der Waals surface area contributed by atoms with Crippen LogP contribution in [-0.2, 0) is 0 Å². The van der Waals surface area contributed by atoms with E-state index >= 15 is 0 Å². The molecule has 0 heterocycles. The van der Waals surface area contributed by atoms with Gasteiger partial charge >= 0.3 is 0 Å². The zero-order valence-corrected chi connectivity index (χ0v) is 13.8. The summed E-state index contributed by atoms with van der Waals surface area (Å²) >= 11 is 0. The molecule has 0 aromatic heterocycles. The second-order valence-corrected chi connectivity index (χ2v) is 5.58. The maximum atomic E-state index is 5.75. The van der Waals surface area contributed by atoms with Gasteiger partial charge in [0.25, 0.3) is 0 Å². The van der Waals surface area contributed by atoms with Crippen LogP contribution in [0.4, 0.5) is 0 Å². The third kappa shape index (κ3) is 4.42.